The zero-order chi connectivity index (χ0) is 106. The van der Waals surface area contributed by atoms with E-state index in [4.69, 9.17) is 81.3 Å². The van der Waals surface area contributed by atoms with Crippen molar-refractivity contribution in [1.29, 1.82) is 0 Å². The molecule has 0 atom stereocenters. The molecule has 6 aromatic heterocycles. The Hall–Kier alpha value is -12.0. The van der Waals surface area contributed by atoms with E-state index in [0.29, 0.717) is 113 Å². The number of aliphatic hydroxyl groups excluding tert-OH is 8. The van der Waals surface area contributed by atoms with E-state index in [-0.39, 0.29) is 161 Å². The van der Waals surface area contributed by atoms with Crippen LogP contribution in [0.1, 0.15) is 89.0 Å². The predicted molar refractivity (Wildman–Crippen MR) is 527 cm³/mol. The van der Waals surface area contributed by atoms with E-state index in [0.717, 1.165) is 55.4 Å². The first-order valence-electron chi connectivity index (χ1n) is 44.8. The molecule has 61 nitrogen and oxygen atoms in total. The van der Waals surface area contributed by atoms with Crippen molar-refractivity contribution < 1.29 is 121 Å². The highest BCUT2D eigenvalue weighted by Gasteiger charge is 2.28. The molecule has 0 saturated heterocycles. The number of esters is 2. The van der Waals surface area contributed by atoms with Crippen LogP contribution in [0.25, 0.3) is 0 Å². The summed E-state index contributed by atoms with van der Waals surface area (Å²) in [6.45, 7) is 25.8. The maximum absolute atomic E-state index is 11.2. The number of methoxy groups -OCH3 is 12. The summed E-state index contributed by atoms with van der Waals surface area (Å²) in [6.07, 6.45) is 4.23. The molecule has 806 valence electrons. The highest BCUT2D eigenvalue weighted by atomic mass is 16.6. The minimum Gasteiger partial charge on any atom is -0.449 e. The summed E-state index contributed by atoms with van der Waals surface area (Å²) in [7, 11) is 21.9. The van der Waals surface area contributed by atoms with Gasteiger partial charge in [-0.25, -0.2) is 4.90 Å². The lowest BCUT2D eigenvalue weighted by molar-refractivity contribution is -0.142. The van der Waals surface area contributed by atoms with Crippen molar-refractivity contribution in [3.63, 3.8) is 0 Å². The van der Waals surface area contributed by atoms with Crippen LogP contribution < -0.4 is 88.6 Å². The first-order valence-corrected chi connectivity index (χ1v) is 44.8. The molecular weight excluding hydrogens is 1880 g/mol. The van der Waals surface area contributed by atoms with Crippen LogP contribution in [0, 0.1) is 12.2 Å². The third kappa shape index (κ3) is 43.4. The second-order valence-corrected chi connectivity index (χ2v) is 28.7. The fraction of sp³-hybridized carbons (Fsp3) is 0.728. The van der Waals surface area contributed by atoms with Gasteiger partial charge in [0, 0.05) is 165 Å². The molecule has 0 aromatic carbocycles. The van der Waals surface area contributed by atoms with E-state index in [1.165, 1.54) is 76.6 Å². The highest BCUT2D eigenvalue weighted by molar-refractivity contribution is 5.67. The van der Waals surface area contributed by atoms with E-state index in [2.05, 4.69) is 141 Å². The van der Waals surface area contributed by atoms with Gasteiger partial charge in [0.05, 0.1) is 19.8 Å². The third-order valence-corrected chi connectivity index (χ3v) is 18.6. The molecule has 61 heteroatoms. The summed E-state index contributed by atoms with van der Waals surface area (Å²) in [4.78, 5) is 129. The molecule has 0 aliphatic rings. The number of anilines is 18. The Morgan fingerprint density at radius 1 is 0.268 bits per heavy atom. The molecule has 0 saturated carbocycles. The van der Waals surface area contributed by atoms with Gasteiger partial charge in [0.15, 0.2) is 13.5 Å². The Morgan fingerprint density at radius 2 is 0.500 bits per heavy atom. The molecule has 0 bridgehead atoms. The number of hydrogen-bond acceptors (Lipinski definition) is 61. The van der Waals surface area contributed by atoms with Gasteiger partial charge in [-0.3, -0.25) is 48.8 Å². The predicted octanol–water partition coefficient (Wildman–Crippen LogP) is -1.64. The fourth-order valence-corrected chi connectivity index (χ4v) is 11.1. The zero-order valence-electron chi connectivity index (χ0n) is 86.7. The minimum absolute atomic E-state index is 0.0305. The number of aliphatic hydroxyl groups is 8. The summed E-state index contributed by atoms with van der Waals surface area (Å²) in [6, 6.07) is 2.47. The van der Waals surface area contributed by atoms with Crippen molar-refractivity contribution in [2.24, 2.45) is 0 Å². The normalized spacial score (nSPS) is 10.6. The van der Waals surface area contributed by atoms with Crippen molar-refractivity contribution in [2.45, 2.75) is 89.0 Å². The summed E-state index contributed by atoms with van der Waals surface area (Å²) in [5, 5.41) is 78.8. The maximum Gasteiger partial charge on any atom is 0.304 e. The average molecular weight is 2030 g/mol. The number of aromatic nitrogens is 18. The van der Waals surface area contributed by atoms with E-state index >= 15 is 0 Å². The first kappa shape index (κ1) is 126. The molecule has 0 unspecified atom stereocenters. The Labute approximate surface area is 830 Å². The summed E-state index contributed by atoms with van der Waals surface area (Å²) in [5.41, 5.74) is 0. The van der Waals surface area contributed by atoms with Gasteiger partial charge in [-0.05, 0) is 61.8 Å². The lowest BCUT2D eigenvalue weighted by atomic mass is 10.4. The van der Waals surface area contributed by atoms with Crippen molar-refractivity contribution in [2.75, 3.05) is 402 Å². The van der Waals surface area contributed by atoms with Gasteiger partial charge in [-0.1, -0.05) is 13.3 Å². The number of nitrogens with zero attached hydrogens (tertiary/aromatic N) is 35. The topological polar surface area (TPSA) is 634 Å². The molecule has 6 rings (SSSR count). The van der Waals surface area contributed by atoms with Crippen LogP contribution in [-0.2, 0) is 80.6 Å². The van der Waals surface area contributed by atoms with Crippen molar-refractivity contribution in [3.8, 4) is 12.2 Å². The van der Waals surface area contributed by atoms with Gasteiger partial charge in [0.25, 0.3) is 0 Å². The Morgan fingerprint density at radius 3 is 0.796 bits per heavy atom. The lowest BCUT2D eigenvalue weighted by Gasteiger charge is -2.28. The van der Waals surface area contributed by atoms with Gasteiger partial charge < -0.3 is 156 Å². The third-order valence-electron chi connectivity index (χ3n) is 18.6. The van der Waals surface area contributed by atoms with Crippen LogP contribution in [0.3, 0.4) is 0 Å². The van der Waals surface area contributed by atoms with Crippen LogP contribution in [0.2, 0.25) is 0 Å². The largest absolute Gasteiger partial charge is 0.449 e. The van der Waals surface area contributed by atoms with Crippen molar-refractivity contribution >= 4 is 119 Å². The second-order valence-electron chi connectivity index (χ2n) is 28.7. The summed E-state index contributed by atoms with van der Waals surface area (Å²) in [5.74, 6) is 4.12. The molecule has 6 heterocycles. The molecule has 9 N–H and O–H groups in total. The number of ether oxygens (including phenoxy) is 15. The molecule has 0 amide bonds. The minimum atomic E-state index is -0.604. The molecule has 142 heavy (non-hydrogen) atoms. The average Bonchev–Trinajstić information content (AvgIpc) is 0.786. The monoisotopic (exact) mass is 2030 g/mol. The maximum atomic E-state index is 11.2. The Kier molecular flexibility index (Phi) is 65.6. The number of unbranched alkanes of at least 4 members (excludes halogenated alkanes) is 1. The molecule has 0 aliphatic heterocycles. The van der Waals surface area contributed by atoms with Crippen LogP contribution >= 0.6 is 0 Å². The van der Waals surface area contributed by atoms with E-state index in [1.807, 2.05) is 47.3 Å². The van der Waals surface area contributed by atoms with Crippen LogP contribution in [0.15, 0.2) is 0 Å². The number of nitrogens with one attached hydrogen (secondary N) is 1. The number of hydrogen-bond donors (Lipinski definition) is 9. The summed E-state index contributed by atoms with van der Waals surface area (Å²) < 4.78 is 77.7. The van der Waals surface area contributed by atoms with E-state index in [9.17, 15) is 50.4 Å². The first-order chi connectivity index (χ1) is 68.6. The fourth-order valence-electron chi connectivity index (χ4n) is 11.1. The summed E-state index contributed by atoms with van der Waals surface area (Å²) >= 11 is 0. The Balaban J connectivity index is 0.000000614. The van der Waals surface area contributed by atoms with Gasteiger partial charge in [0.1, 0.15) is 141 Å². The Bertz CT molecular complexity index is 4360. The standard InChI is InChI=1S/C25H48N12O5.C16H24N6O8.C15H30N6O3.C13H26N6O4.C12H24N6O5/c1-10-33(11-2)23-30-24(35(13-4)16-39-6)32-25(31-23)36(17-40-7)14-26-20-27-21(34(12-3)15-38-5)29-22(28-20)37(18-41-8)19-42-9;1-12(25)29-10-21(8-24)15-17-14(20(7-23)5-6-27-3)18-16(19-15)22(9-28-4)11-30-13(2)26;1-7-19(8-2)13-16-14(20(9-3)10-22-4)18-15(17-13)21(11-23-5)12-24-6;1-4-5-6-23-10-19(9-22)13-15-11(17(2)7-20)14-12(16-13)18(3)8-21;1-4-16(5-19)10-13-11(17(6-20)8-22-2)15-12(14-10)18(7-21)9-23-3/h10-19H2,1-9H3,(H,26,27,28,29);23-24H,7-11H2,1-4H3;7-12H2,1-6H3;20-22H,4-10H2,1-3H3;19-21H,4-9H2,1-3H3. The number of rotatable bonds is 67. The van der Waals surface area contributed by atoms with Gasteiger partial charge in [-0.2, -0.15) is 89.7 Å². The zero-order valence-corrected chi connectivity index (χ0v) is 86.7. The molecule has 0 aliphatic carbocycles. The number of carbonyl (C=O) groups excluding carboxylic acids is 2. The molecule has 6 aromatic rings. The van der Waals surface area contributed by atoms with Crippen LogP contribution in [-0.4, -0.2) is 456 Å². The molecular formula is C81H152N36O25. The number of carbonyl (C=O) groups is 2. The highest BCUT2D eigenvalue weighted by Crippen LogP contribution is 2.27. The molecule has 0 radical (unpaired) electrons. The second kappa shape index (κ2) is 74.0. The lowest BCUT2D eigenvalue weighted by Crippen LogP contribution is -2.36. The van der Waals surface area contributed by atoms with Gasteiger partial charge >= 0.3 is 11.9 Å². The van der Waals surface area contributed by atoms with Crippen molar-refractivity contribution in [1.82, 2.24) is 89.7 Å². The molecule has 0 spiro atoms. The van der Waals surface area contributed by atoms with E-state index in [1.54, 1.807) is 80.8 Å². The SMILES string of the molecule is CCCCOCN(CO)c1nc(N(C)CO)nc(N(C)CO)n1.CCN(CC)c1nc(N(CC)COC)nc(N(COC)COC)n1.CCN(CO)c1nc(N(CO)COC)nc(N(CO)COC)n1.CCN(COC)c1nc(NCN(COC)c2nc(N(CC)CC)nc(N(CC)COC)n2)nc(N(COC)COC)n1.COC#CN(CO)c1nc(N(CO)COC(C)=O)nc(N(COC)COC(C)=O)n1. The van der Waals surface area contributed by atoms with Crippen LogP contribution in [0.5, 0.6) is 0 Å². The van der Waals surface area contributed by atoms with E-state index < -0.39 is 25.4 Å². The van der Waals surface area contributed by atoms with Crippen LogP contribution in [0.4, 0.5) is 107 Å². The van der Waals surface area contributed by atoms with Gasteiger partial charge in [0.2, 0.25) is 107 Å². The quantitative estimate of drug-likeness (QED) is 0.00680. The molecule has 0 fully saturated rings. The smallest absolute Gasteiger partial charge is 0.304 e. The van der Waals surface area contributed by atoms with Crippen molar-refractivity contribution in [3.05, 3.63) is 0 Å². The van der Waals surface area contributed by atoms with Gasteiger partial charge in [-0.15, -0.1) is 0 Å².